The first kappa shape index (κ1) is 33.4. The Balaban J connectivity index is 1.90. The number of rotatable bonds is 7. The standard InChI is InChI=1S/C31H49N5O6/c1-18(2)21-16-24-29(40)33-22(27(38)28(32)39)12-10-8-6-5-7-9-11-13-23(30(41)36(24)17-21)34-31(42)35-25(19(3)4)26(37)20-14-15-20/h18-22,24-25H,5-17H2,1-4H3,(H2,32,39)(H,33,40)(H,35,42)/b34-23+/t21-,22+,24?,25+/m1/s1. The minimum atomic E-state index is -1.10. The van der Waals surface area contributed by atoms with Crippen LogP contribution in [0.2, 0.25) is 0 Å². The molecule has 5 amide bonds. The Kier molecular flexibility index (Phi) is 12.2. The zero-order valence-corrected chi connectivity index (χ0v) is 25.7. The van der Waals surface area contributed by atoms with E-state index in [0.717, 1.165) is 44.9 Å². The maximum absolute atomic E-state index is 14.0. The van der Waals surface area contributed by atoms with Crippen molar-refractivity contribution < 1.29 is 28.8 Å². The number of hydrogen-bond donors (Lipinski definition) is 3. The molecular weight excluding hydrogens is 538 g/mol. The zero-order chi connectivity index (χ0) is 31.0. The molecule has 1 aliphatic carbocycles. The molecule has 1 unspecified atom stereocenters. The average molecular weight is 588 g/mol. The van der Waals surface area contributed by atoms with E-state index in [-0.39, 0.29) is 41.6 Å². The highest BCUT2D eigenvalue weighted by atomic mass is 16.2. The molecule has 11 heteroatoms. The van der Waals surface area contributed by atoms with Crippen LogP contribution < -0.4 is 16.4 Å². The number of urea groups is 1. The largest absolute Gasteiger partial charge is 0.363 e. The molecular formula is C31H49N5O6. The van der Waals surface area contributed by atoms with Gasteiger partial charge >= 0.3 is 6.03 Å². The van der Waals surface area contributed by atoms with Crippen molar-refractivity contribution in [2.45, 2.75) is 123 Å². The topological polar surface area (TPSA) is 168 Å². The number of carbonyl (C=O) groups is 6. The van der Waals surface area contributed by atoms with Crippen LogP contribution in [0.5, 0.6) is 0 Å². The molecule has 3 fully saturated rings. The van der Waals surface area contributed by atoms with Gasteiger partial charge in [0.25, 0.3) is 11.8 Å². The SMILES string of the molecule is CC(C)[C@@H]1CC2C(=O)N[C@H](C(=O)C(N)=O)CCCCCCCCC/C(=N\C(=O)N[C@H](C(=O)C3CC3)C(C)C)C(=O)N2C1. The van der Waals surface area contributed by atoms with Crippen molar-refractivity contribution in [3.05, 3.63) is 0 Å². The van der Waals surface area contributed by atoms with Crippen LogP contribution in [-0.2, 0) is 24.0 Å². The molecule has 0 aromatic heterocycles. The lowest BCUT2D eigenvalue weighted by Gasteiger charge is -2.27. The lowest BCUT2D eigenvalue weighted by Crippen LogP contribution is -2.53. The highest BCUT2D eigenvalue weighted by Crippen LogP contribution is 2.32. The summed E-state index contributed by atoms with van der Waals surface area (Å²) in [6, 6.07) is -3.33. The van der Waals surface area contributed by atoms with E-state index in [4.69, 9.17) is 5.73 Å². The molecule has 3 aliphatic rings. The quantitative estimate of drug-likeness (QED) is 0.387. The Hall–Kier alpha value is -3.11. The van der Waals surface area contributed by atoms with Crippen molar-refractivity contribution in [3.8, 4) is 0 Å². The molecule has 0 bridgehead atoms. The van der Waals surface area contributed by atoms with Gasteiger partial charge in [-0.25, -0.2) is 4.79 Å². The van der Waals surface area contributed by atoms with Crippen molar-refractivity contribution in [1.29, 1.82) is 0 Å². The Labute approximate surface area is 249 Å². The molecule has 3 rings (SSSR count). The number of aliphatic imine (C=N–C) groups is 1. The maximum atomic E-state index is 14.0. The van der Waals surface area contributed by atoms with Gasteiger partial charge in [-0.3, -0.25) is 24.0 Å². The van der Waals surface area contributed by atoms with E-state index in [1.807, 2.05) is 27.7 Å². The summed E-state index contributed by atoms with van der Waals surface area (Å²) in [5.74, 6) is -2.91. The van der Waals surface area contributed by atoms with Crippen LogP contribution in [0.1, 0.15) is 105 Å². The second kappa shape index (κ2) is 15.4. The lowest BCUT2D eigenvalue weighted by atomic mass is 9.93. The summed E-state index contributed by atoms with van der Waals surface area (Å²) in [6.07, 6.45) is 8.49. The van der Waals surface area contributed by atoms with E-state index in [2.05, 4.69) is 15.6 Å². The number of nitrogens with zero attached hydrogens (tertiary/aromatic N) is 2. The van der Waals surface area contributed by atoms with Gasteiger partial charge in [0.05, 0.1) is 12.1 Å². The smallest absolute Gasteiger partial charge is 0.341 e. The van der Waals surface area contributed by atoms with Gasteiger partial charge in [-0.2, -0.15) is 4.99 Å². The Morgan fingerprint density at radius 3 is 2.12 bits per heavy atom. The van der Waals surface area contributed by atoms with Crippen LogP contribution in [0.3, 0.4) is 0 Å². The predicted octanol–water partition coefficient (Wildman–Crippen LogP) is 3.08. The summed E-state index contributed by atoms with van der Waals surface area (Å²) in [6.45, 7) is 8.08. The van der Waals surface area contributed by atoms with Crippen LogP contribution in [0.25, 0.3) is 0 Å². The van der Waals surface area contributed by atoms with Gasteiger partial charge in [0.1, 0.15) is 11.8 Å². The number of nitrogens with one attached hydrogen (secondary N) is 2. The number of hydrogen-bond acceptors (Lipinski definition) is 6. The molecule has 0 spiro atoms. The zero-order valence-electron chi connectivity index (χ0n) is 25.7. The van der Waals surface area contributed by atoms with Gasteiger partial charge in [0.15, 0.2) is 5.78 Å². The first-order chi connectivity index (χ1) is 19.9. The van der Waals surface area contributed by atoms with Gasteiger partial charge in [-0.15, -0.1) is 0 Å². The van der Waals surface area contributed by atoms with Crippen molar-refractivity contribution in [3.63, 3.8) is 0 Å². The second-order valence-corrected chi connectivity index (χ2v) is 12.9. The summed E-state index contributed by atoms with van der Waals surface area (Å²) in [5, 5.41) is 5.46. The van der Waals surface area contributed by atoms with Crippen LogP contribution in [-0.4, -0.2) is 70.6 Å². The minimum Gasteiger partial charge on any atom is -0.363 e. The monoisotopic (exact) mass is 587 g/mol. The van der Waals surface area contributed by atoms with Crippen LogP contribution >= 0.6 is 0 Å². The highest BCUT2D eigenvalue weighted by Gasteiger charge is 2.43. The van der Waals surface area contributed by atoms with Gasteiger partial charge < -0.3 is 21.3 Å². The summed E-state index contributed by atoms with van der Waals surface area (Å²) < 4.78 is 0. The van der Waals surface area contributed by atoms with Crippen molar-refractivity contribution >= 4 is 41.0 Å². The van der Waals surface area contributed by atoms with Crippen molar-refractivity contribution in [1.82, 2.24) is 15.5 Å². The number of ketones is 2. The number of amides is 5. The normalized spacial score (nSPS) is 26.6. The third kappa shape index (κ3) is 9.19. The molecule has 2 heterocycles. The Morgan fingerprint density at radius 1 is 0.929 bits per heavy atom. The molecule has 2 saturated heterocycles. The van der Waals surface area contributed by atoms with Crippen LogP contribution in [0.4, 0.5) is 4.79 Å². The molecule has 234 valence electrons. The minimum absolute atomic E-state index is 0.000942. The highest BCUT2D eigenvalue weighted by molar-refractivity contribution is 6.40. The first-order valence-electron chi connectivity index (χ1n) is 15.8. The molecule has 42 heavy (non-hydrogen) atoms. The van der Waals surface area contributed by atoms with E-state index in [0.29, 0.717) is 32.2 Å². The molecule has 1 saturated carbocycles. The number of carbonyl (C=O) groups excluding carboxylic acids is 6. The molecule has 0 aromatic rings. The number of primary amides is 1. The molecule has 0 aromatic carbocycles. The third-order valence-electron chi connectivity index (χ3n) is 8.84. The maximum Gasteiger partial charge on any atom is 0.341 e. The van der Waals surface area contributed by atoms with E-state index in [1.165, 1.54) is 4.90 Å². The van der Waals surface area contributed by atoms with Crippen LogP contribution in [0, 0.1) is 23.7 Å². The van der Waals surface area contributed by atoms with E-state index < -0.39 is 47.7 Å². The van der Waals surface area contributed by atoms with Gasteiger partial charge in [0, 0.05) is 12.5 Å². The fourth-order valence-electron chi connectivity index (χ4n) is 5.91. The number of Topliss-reactive ketones (excluding diaryl/α,β-unsaturated/α-hetero) is 2. The fraction of sp³-hybridized carbons (Fsp3) is 0.774. The molecule has 4 N–H and O–H groups in total. The Morgan fingerprint density at radius 2 is 1.55 bits per heavy atom. The third-order valence-corrected chi connectivity index (χ3v) is 8.84. The summed E-state index contributed by atoms with van der Waals surface area (Å²) >= 11 is 0. The lowest BCUT2D eigenvalue weighted by molar-refractivity contribution is -0.140. The Bertz CT molecular complexity index is 1070. The summed E-state index contributed by atoms with van der Waals surface area (Å²) in [4.78, 5) is 83.4. The molecule has 0 radical (unpaired) electrons. The molecule has 4 atom stereocenters. The van der Waals surface area contributed by atoms with Gasteiger partial charge in [-0.05, 0) is 56.3 Å². The van der Waals surface area contributed by atoms with Crippen molar-refractivity contribution in [2.75, 3.05) is 6.54 Å². The van der Waals surface area contributed by atoms with E-state index >= 15 is 0 Å². The summed E-state index contributed by atoms with van der Waals surface area (Å²) in [5.41, 5.74) is 5.34. The fourth-order valence-corrected chi connectivity index (χ4v) is 5.91. The second-order valence-electron chi connectivity index (χ2n) is 12.9. The average Bonchev–Trinajstić information content (AvgIpc) is 3.69. The van der Waals surface area contributed by atoms with E-state index in [1.54, 1.807) is 0 Å². The molecule has 11 nitrogen and oxygen atoms in total. The van der Waals surface area contributed by atoms with Gasteiger partial charge in [-0.1, -0.05) is 66.2 Å². The van der Waals surface area contributed by atoms with Crippen molar-refractivity contribution in [2.24, 2.45) is 34.4 Å². The number of nitrogens with two attached hydrogens (primary N) is 1. The number of fused-ring (bicyclic) bond motifs is 1. The summed E-state index contributed by atoms with van der Waals surface area (Å²) in [7, 11) is 0. The first-order valence-corrected chi connectivity index (χ1v) is 15.8. The molecule has 2 aliphatic heterocycles. The predicted molar refractivity (Wildman–Crippen MR) is 158 cm³/mol. The van der Waals surface area contributed by atoms with Gasteiger partial charge in [0.2, 0.25) is 11.7 Å². The van der Waals surface area contributed by atoms with Crippen LogP contribution in [0.15, 0.2) is 4.99 Å². The van der Waals surface area contributed by atoms with E-state index in [9.17, 15) is 28.8 Å².